The molecule has 1 atom stereocenters. The molecule has 0 fully saturated rings. The van der Waals surface area contributed by atoms with Gasteiger partial charge in [-0.1, -0.05) is 12.1 Å². The van der Waals surface area contributed by atoms with Crippen LogP contribution in [0.3, 0.4) is 0 Å². The summed E-state index contributed by atoms with van der Waals surface area (Å²) in [6.45, 7) is 3.15. The number of halogens is 2. The summed E-state index contributed by atoms with van der Waals surface area (Å²) in [7, 11) is -4.55. The Morgan fingerprint density at radius 3 is 2.31 bits per heavy atom. The highest BCUT2D eigenvalue weighted by Crippen LogP contribution is 2.26. The second-order valence-corrected chi connectivity index (χ2v) is 5.45. The molecule has 0 aromatic heterocycles. The molecule has 2 N–H and O–H groups in total. The number of hydrogen-bond donors (Lipinski definition) is 1. The summed E-state index contributed by atoms with van der Waals surface area (Å²) in [5.41, 5.74) is 6.47. The fourth-order valence-electron chi connectivity index (χ4n) is 1.53. The van der Waals surface area contributed by atoms with Crippen LogP contribution in [0.5, 0.6) is 0 Å². The fraction of sp³-hybridized carbons (Fsp3) is 0.400. The van der Waals surface area contributed by atoms with Crippen LogP contribution in [0.4, 0.5) is 8.78 Å². The highest BCUT2D eigenvalue weighted by Gasteiger charge is 2.28. The van der Waals surface area contributed by atoms with Crippen molar-refractivity contribution in [3.05, 3.63) is 29.3 Å². The average molecular weight is 249 g/mol. The van der Waals surface area contributed by atoms with Gasteiger partial charge in [0.2, 0.25) is 9.84 Å². The van der Waals surface area contributed by atoms with Crippen molar-refractivity contribution in [3.63, 3.8) is 0 Å². The van der Waals surface area contributed by atoms with E-state index in [1.165, 1.54) is 19.1 Å². The van der Waals surface area contributed by atoms with Gasteiger partial charge in [-0.15, -0.1) is 0 Å². The Morgan fingerprint density at radius 2 is 1.88 bits per heavy atom. The number of nitrogens with two attached hydrogens (primary N) is 1. The molecule has 1 aromatic rings. The SMILES string of the molecule is Cc1c(C(C)N)cccc1S(=O)(=O)C(F)F. The molecule has 0 saturated heterocycles. The largest absolute Gasteiger partial charge is 0.341 e. The van der Waals surface area contributed by atoms with Gasteiger partial charge in [0.05, 0.1) is 4.90 Å². The van der Waals surface area contributed by atoms with E-state index in [1.54, 1.807) is 13.0 Å². The maximum atomic E-state index is 12.4. The Morgan fingerprint density at radius 1 is 1.31 bits per heavy atom. The lowest BCUT2D eigenvalue weighted by atomic mass is 10.0. The first-order valence-electron chi connectivity index (χ1n) is 4.65. The molecule has 1 aromatic carbocycles. The summed E-state index contributed by atoms with van der Waals surface area (Å²) < 4.78 is 47.5. The van der Waals surface area contributed by atoms with Crippen molar-refractivity contribution in [2.75, 3.05) is 0 Å². The maximum Gasteiger partial charge on any atom is 0.341 e. The van der Waals surface area contributed by atoms with Crippen LogP contribution >= 0.6 is 0 Å². The second-order valence-electron chi connectivity index (χ2n) is 3.56. The van der Waals surface area contributed by atoms with Crippen molar-refractivity contribution in [1.82, 2.24) is 0 Å². The smallest absolute Gasteiger partial charge is 0.324 e. The molecule has 0 heterocycles. The van der Waals surface area contributed by atoms with Gasteiger partial charge in [-0.25, -0.2) is 8.42 Å². The third-order valence-corrected chi connectivity index (χ3v) is 3.88. The van der Waals surface area contributed by atoms with Crippen molar-refractivity contribution < 1.29 is 17.2 Å². The monoisotopic (exact) mass is 249 g/mol. The minimum absolute atomic E-state index is 0.290. The minimum atomic E-state index is -4.55. The number of alkyl halides is 2. The van der Waals surface area contributed by atoms with E-state index in [0.717, 1.165) is 0 Å². The van der Waals surface area contributed by atoms with Crippen LogP contribution in [0.2, 0.25) is 0 Å². The standard InChI is InChI=1S/C10H13F2NO2S/c1-6-8(7(2)13)4-3-5-9(6)16(14,15)10(11)12/h3-5,7,10H,13H2,1-2H3. The van der Waals surface area contributed by atoms with Gasteiger partial charge in [-0.3, -0.25) is 0 Å². The van der Waals surface area contributed by atoms with E-state index in [0.29, 0.717) is 5.56 Å². The van der Waals surface area contributed by atoms with Gasteiger partial charge >= 0.3 is 5.76 Å². The van der Waals surface area contributed by atoms with Crippen molar-refractivity contribution in [2.45, 2.75) is 30.5 Å². The van der Waals surface area contributed by atoms with Gasteiger partial charge in [0.15, 0.2) is 0 Å². The number of benzene rings is 1. The zero-order chi connectivity index (χ0) is 12.5. The first kappa shape index (κ1) is 13.1. The van der Waals surface area contributed by atoms with Crippen LogP contribution in [0, 0.1) is 6.92 Å². The molecule has 0 aliphatic rings. The molecule has 0 bridgehead atoms. The summed E-state index contributed by atoms with van der Waals surface area (Å²) in [4.78, 5) is -0.350. The van der Waals surface area contributed by atoms with Crippen molar-refractivity contribution in [3.8, 4) is 0 Å². The van der Waals surface area contributed by atoms with E-state index in [9.17, 15) is 17.2 Å². The van der Waals surface area contributed by atoms with Crippen LogP contribution in [0.15, 0.2) is 23.1 Å². The van der Waals surface area contributed by atoms with Gasteiger partial charge in [0.1, 0.15) is 0 Å². The molecule has 0 aliphatic carbocycles. The lowest BCUT2D eigenvalue weighted by molar-refractivity contribution is 0.234. The zero-order valence-corrected chi connectivity index (χ0v) is 9.76. The summed E-state index contributed by atoms with van der Waals surface area (Å²) >= 11 is 0. The van der Waals surface area contributed by atoms with Gasteiger partial charge in [-0.05, 0) is 31.0 Å². The summed E-state index contributed by atoms with van der Waals surface area (Å²) in [6.07, 6.45) is 0. The quantitative estimate of drug-likeness (QED) is 0.891. The molecule has 0 amide bonds. The van der Waals surface area contributed by atoms with Crippen molar-refractivity contribution in [2.24, 2.45) is 5.73 Å². The molecule has 0 saturated carbocycles. The van der Waals surface area contributed by atoms with Crippen LogP contribution in [0.1, 0.15) is 24.1 Å². The predicted molar refractivity (Wildman–Crippen MR) is 57.0 cm³/mol. The highest BCUT2D eigenvalue weighted by molar-refractivity contribution is 7.91. The third-order valence-electron chi connectivity index (χ3n) is 2.36. The molecular formula is C10H13F2NO2S. The lowest BCUT2D eigenvalue weighted by Crippen LogP contribution is -2.15. The predicted octanol–water partition coefficient (Wildman–Crippen LogP) is 2.01. The maximum absolute atomic E-state index is 12.4. The first-order valence-corrected chi connectivity index (χ1v) is 6.20. The lowest BCUT2D eigenvalue weighted by Gasteiger charge is -2.13. The van der Waals surface area contributed by atoms with Crippen LogP contribution in [-0.2, 0) is 9.84 Å². The molecule has 0 aliphatic heterocycles. The van der Waals surface area contributed by atoms with Gasteiger partial charge in [-0.2, -0.15) is 8.78 Å². The van der Waals surface area contributed by atoms with Gasteiger partial charge < -0.3 is 5.73 Å². The van der Waals surface area contributed by atoms with Crippen LogP contribution in [-0.4, -0.2) is 14.2 Å². The first-order chi connectivity index (χ1) is 7.28. The molecule has 0 radical (unpaired) electrons. The fourth-order valence-corrected chi connectivity index (χ4v) is 2.53. The molecule has 16 heavy (non-hydrogen) atoms. The summed E-state index contributed by atoms with van der Waals surface area (Å²) in [5.74, 6) is -3.41. The number of rotatable bonds is 3. The number of sulfone groups is 1. The topological polar surface area (TPSA) is 60.2 Å². The Balaban J connectivity index is 3.43. The molecule has 1 unspecified atom stereocenters. The molecule has 90 valence electrons. The number of hydrogen-bond acceptors (Lipinski definition) is 3. The van der Waals surface area contributed by atoms with E-state index in [-0.39, 0.29) is 10.5 Å². The molecule has 3 nitrogen and oxygen atoms in total. The second kappa shape index (κ2) is 4.47. The zero-order valence-electron chi connectivity index (χ0n) is 8.94. The van der Waals surface area contributed by atoms with E-state index in [1.807, 2.05) is 0 Å². The van der Waals surface area contributed by atoms with Crippen molar-refractivity contribution in [1.29, 1.82) is 0 Å². The highest BCUT2D eigenvalue weighted by atomic mass is 32.2. The van der Waals surface area contributed by atoms with Gasteiger partial charge in [0, 0.05) is 6.04 Å². The van der Waals surface area contributed by atoms with Crippen molar-refractivity contribution >= 4 is 9.84 Å². The third kappa shape index (κ3) is 2.22. The van der Waals surface area contributed by atoms with E-state index >= 15 is 0 Å². The molecular weight excluding hydrogens is 236 g/mol. The summed E-state index contributed by atoms with van der Waals surface area (Å²) in [6, 6.07) is 3.82. The Labute approximate surface area is 93.2 Å². The van der Waals surface area contributed by atoms with Gasteiger partial charge in [0.25, 0.3) is 0 Å². The van der Waals surface area contributed by atoms with E-state index < -0.39 is 21.6 Å². The normalized spacial score (nSPS) is 14.1. The van der Waals surface area contributed by atoms with Crippen LogP contribution < -0.4 is 5.73 Å². The molecule has 0 spiro atoms. The average Bonchev–Trinajstić information content (AvgIpc) is 2.16. The summed E-state index contributed by atoms with van der Waals surface area (Å²) in [5, 5.41) is 0. The Hall–Kier alpha value is -1.01. The Kier molecular flexibility index (Phi) is 3.64. The van der Waals surface area contributed by atoms with E-state index in [2.05, 4.69) is 0 Å². The molecule has 6 heteroatoms. The van der Waals surface area contributed by atoms with E-state index in [4.69, 9.17) is 5.73 Å². The Bertz CT molecular complexity index is 484. The van der Waals surface area contributed by atoms with Crippen LogP contribution in [0.25, 0.3) is 0 Å². The minimum Gasteiger partial charge on any atom is -0.324 e. The molecule has 1 rings (SSSR count).